The first-order valence-corrected chi connectivity index (χ1v) is 10.5. The fourth-order valence-corrected chi connectivity index (χ4v) is 3.95. The van der Waals surface area contributed by atoms with Gasteiger partial charge in [0.15, 0.2) is 5.69 Å². The van der Waals surface area contributed by atoms with Gasteiger partial charge in [-0.3, -0.25) is 4.79 Å². The van der Waals surface area contributed by atoms with Gasteiger partial charge in [-0.15, -0.1) is 0 Å². The summed E-state index contributed by atoms with van der Waals surface area (Å²) in [7, 11) is 0. The molecule has 0 bridgehead atoms. The first kappa shape index (κ1) is 23.4. The predicted octanol–water partition coefficient (Wildman–Crippen LogP) is 2.27. The molecule has 0 radical (unpaired) electrons. The van der Waals surface area contributed by atoms with Crippen LogP contribution in [0.15, 0.2) is 35.8 Å². The molecule has 0 saturated heterocycles. The van der Waals surface area contributed by atoms with E-state index in [9.17, 15) is 4.79 Å². The molecule has 0 N–H and O–H groups in total. The average molecular weight is 478 g/mol. The second-order valence-electron chi connectivity index (χ2n) is 7.55. The van der Waals surface area contributed by atoms with Crippen molar-refractivity contribution < 1.29 is 35.8 Å². The molecule has 0 unspecified atom stereocenters. The molecule has 0 spiro atoms. The van der Waals surface area contributed by atoms with E-state index in [2.05, 4.69) is 6.92 Å². The summed E-state index contributed by atoms with van der Waals surface area (Å²) in [6.45, 7) is 12.3. The largest absolute Gasteiger partial charge is 1.00 e. The van der Waals surface area contributed by atoms with Crippen molar-refractivity contribution in [2.45, 2.75) is 60.3 Å². The van der Waals surface area contributed by atoms with E-state index in [0.29, 0.717) is 17.1 Å². The standard InChI is InChI=1S/C23H28NO3S.BrH/c1-14(2)26-22-11-20(21(25)12-24-13-28-17(6)16(24)5)23(27-15(3)4)19-10-8-7-9-18(19)22;/h7-11,13-15H,12H2,1-6H3;1H/q+1;/p-1. The fraction of sp³-hybridized carbons (Fsp3) is 0.391. The lowest BCUT2D eigenvalue weighted by atomic mass is 10.0. The molecule has 3 rings (SSSR count). The van der Waals surface area contributed by atoms with Gasteiger partial charge in [-0.25, -0.2) is 0 Å². The predicted molar refractivity (Wildman–Crippen MR) is 114 cm³/mol. The molecular formula is C23H28BrNO3S. The minimum absolute atomic E-state index is 0. The highest BCUT2D eigenvalue weighted by Crippen LogP contribution is 2.38. The Balaban J connectivity index is 0.00000300. The molecule has 0 aliphatic heterocycles. The topological polar surface area (TPSA) is 39.4 Å². The van der Waals surface area contributed by atoms with Crippen LogP contribution in [0.25, 0.3) is 10.8 Å². The molecule has 1 aromatic heterocycles. The Kier molecular flexibility index (Phi) is 7.83. The van der Waals surface area contributed by atoms with Gasteiger partial charge in [0, 0.05) is 17.7 Å². The monoisotopic (exact) mass is 477 g/mol. The zero-order chi connectivity index (χ0) is 20.4. The Morgan fingerprint density at radius 3 is 2.21 bits per heavy atom. The number of benzene rings is 2. The van der Waals surface area contributed by atoms with Crippen LogP contribution in [0.3, 0.4) is 0 Å². The zero-order valence-corrected chi connectivity index (χ0v) is 20.2. The second-order valence-corrected chi connectivity index (χ2v) is 8.61. The van der Waals surface area contributed by atoms with Gasteiger partial charge in [0.05, 0.1) is 22.6 Å². The minimum Gasteiger partial charge on any atom is -1.00 e. The van der Waals surface area contributed by atoms with Gasteiger partial charge in [-0.1, -0.05) is 35.6 Å². The molecular weight excluding hydrogens is 450 g/mol. The maximum absolute atomic E-state index is 13.3. The maximum atomic E-state index is 13.3. The quantitative estimate of drug-likeness (QED) is 0.387. The first-order valence-electron chi connectivity index (χ1n) is 9.64. The number of aryl methyl sites for hydroxylation is 1. The lowest BCUT2D eigenvalue weighted by Crippen LogP contribution is -3.00. The number of ketones is 1. The Labute approximate surface area is 187 Å². The summed E-state index contributed by atoms with van der Waals surface area (Å²) in [5, 5.41) is 1.86. The Bertz CT molecular complexity index is 1010. The van der Waals surface area contributed by atoms with E-state index in [-0.39, 0.29) is 41.5 Å². The van der Waals surface area contributed by atoms with Crippen molar-refractivity contribution in [3.63, 3.8) is 0 Å². The van der Waals surface area contributed by atoms with Crippen LogP contribution in [-0.2, 0) is 6.54 Å². The van der Waals surface area contributed by atoms with Gasteiger partial charge in [0.2, 0.25) is 17.8 Å². The maximum Gasteiger partial charge on any atom is 0.231 e. The summed E-state index contributed by atoms with van der Waals surface area (Å²) < 4.78 is 14.2. The van der Waals surface area contributed by atoms with Crippen LogP contribution in [0.4, 0.5) is 0 Å². The van der Waals surface area contributed by atoms with Crippen molar-refractivity contribution in [2.24, 2.45) is 0 Å². The number of aromatic nitrogens is 1. The van der Waals surface area contributed by atoms with Crippen LogP contribution in [0.2, 0.25) is 0 Å². The molecule has 3 aromatic rings. The number of Topliss-reactive ketones (excluding diaryl/α,β-unsaturated/α-hetero) is 1. The summed E-state index contributed by atoms with van der Waals surface area (Å²) in [6, 6.07) is 9.78. The molecule has 4 nitrogen and oxygen atoms in total. The third-order valence-electron chi connectivity index (χ3n) is 4.58. The van der Waals surface area contributed by atoms with Crippen LogP contribution >= 0.6 is 11.3 Å². The van der Waals surface area contributed by atoms with Crippen molar-refractivity contribution in [1.29, 1.82) is 0 Å². The van der Waals surface area contributed by atoms with E-state index in [4.69, 9.17) is 9.47 Å². The van der Waals surface area contributed by atoms with Crippen LogP contribution < -0.4 is 31.0 Å². The fourth-order valence-electron chi connectivity index (χ4n) is 3.14. The second kappa shape index (κ2) is 9.72. The van der Waals surface area contributed by atoms with E-state index in [1.165, 1.54) is 4.88 Å². The van der Waals surface area contributed by atoms with Crippen LogP contribution in [-0.4, -0.2) is 18.0 Å². The third-order valence-corrected chi connectivity index (χ3v) is 5.59. The van der Waals surface area contributed by atoms with Crippen molar-refractivity contribution >= 4 is 27.9 Å². The number of nitrogens with zero attached hydrogens (tertiary/aromatic N) is 1. The highest BCUT2D eigenvalue weighted by atomic mass is 79.9. The lowest BCUT2D eigenvalue weighted by Gasteiger charge is -2.19. The Morgan fingerprint density at radius 1 is 1.03 bits per heavy atom. The normalized spacial score (nSPS) is 11.0. The molecule has 0 atom stereocenters. The van der Waals surface area contributed by atoms with Gasteiger partial charge >= 0.3 is 0 Å². The molecule has 0 amide bonds. The molecule has 0 aliphatic carbocycles. The van der Waals surface area contributed by atoms with Gasteiger partial charge in [-0.05, 0) is 40.7 Å². The number of halogens is 1. The zero-order valence-electron chi connectivity index (χ0n) is 17.8. The molecule has 29 heavy (non-hydrogen) atoms. The highest BCUT2D eigenvalue weighted by Gasteiger charge is 2.25. The average Bonchev–Trinajstić information content (AvgIpc) is 2.94. The van der Waals surface area contributed by atoms with E-state index in [0.717, 1.165) is 16.5 Å². The number of fused-ring (bicyclic) bond motifs is 1. The van der Waals surface area contributed by atoms with E-state index < -0.39 is 0 Å². The van der Waals surface area contributed by atoms with Crippen molar-refractivity contribution in [3.05, 3.63) is 52.0 Å². The van der Waals surface area contributed by atoms with Crippen molar-refractivity contribution in [1.82, 2.24) is 0 Å². The number of hydrogen-bond acceptors (Lipinski definition) is 4. The molecule has 6 heteroatoms. The van der Waals surface area contributed by atoms with Gasteiger partial charge in [0.1, 0.15) is 11.5 Å². The molecule has 1 heterocycles. The molecule has 0 aliphatic rings. The van der Waals surface area contributed by atoms with Crippen molar-refractivity contribution in [2.75, 3.05) is 0 Å². The number of carbonyl (C=O) groups excluding carboxylic acids is 1. The Hall–Kier alpha value is -1.92. The number of thiazole rings is 1. The number of hydrogen-bond donors (Lipinski definition) is 0. The molecule has 0 fully saturated rings. The molecule has 156 valence electrons. The summed E-state index contributed by atoms with van der Waals surface area (Å²) in [5.74, 6) is 1.37. The van der Waals surface area contributed by atoms with E-state index in [1.807, 2.05) is 75.0 Å². The summed E-state index contributed by atoms with van der Waals surface area (Å²) >= 11 is 1.65. The van der Waals surface area contributed by atoms with Gasteiger partial charge in [0.25, 0.3) is 0 Å². The third kappa shape index (κ3) is 5.17. The minimum atomic E-state index is -0.0374. The summed E-state index contributed by atoms with van der Waals surface area (Å²) in [5.41, 5.74) is 3.68. The smallest absolute Gasteiger partial charge is 0.231 e. The number of rotatable bonds is 7. The van der Waals surface area contributed by atoms with E-state index in [1.54, 1.807) is 11.3 Å². The summed E-state index contributed by atoms with van der Waals surface area (Å²) in [6.07, 6.45) is -0.0241. The molecule has 2 aromatic carbocycles. The Morgan fingerprint density at radius 2 is 1.66 bits per heavy atom. The number of carbonyl (C=O) groups is 1. The summed E-state index contributed by atoms with van der Waals surface area (Å²) in [4.78, 5) is 14.5. The van der Waals surface area contributed by atoms with Gasteiger partial charge in [-0.2, -0.15) is 4.57 Å². The number of ether oxygens (including phenoxy) is 2. The van der Waals surface area contributed by atoms with E-state index >= 15 is 0 Å². The van der Waals surface area contributed by atoms with Crippen LogP contribution in [0.1, 0.15) is 48.6 Å². The van der Waals surface area contributed by atoms with Crippen LogP contribution in [0.5, 0.6) is 11.5 Å². The lowest BCUT2D eigenvalue weighted by molar-refractivity contribution is -0.684. The van der Waals surface area contributed by atoms with Crippen LogP contribution in [0, 0.1) is 13.8 Å². The SMILES string of the molecule is Cc1sc[n+](CC(=O)c2cc(OC(C)C)c3ccccc3c2OC(C)C)c1C.[Br-]. The van der Waals surface area contributed by atoms with Crippen molar-refractivity contribution in [3.8, 4) is 11.5 Å². The first-order chi connectivity index (χ1) is 13.3. The molecule has 0 saturated carbocycles. The highest BCUT2D eigenvalue weighted by molar-refractivity contribution is 7.09. The van der Waals surface area contributed by atoms with Gasteiger partial charge < -0.3 is 26.5 Å².